The Hall–Kier alpha value is -2.50. The lowest BCUT2D eigenvalue weighted by atomic mass is 10.1. The van der Waals surface area contributed by atoms with Crippen molar-refractivity contribution in [2.45, 2.75) is 26.9 Å². The Morgan fingerprint density at radius 1 is 1.30 bits per heavy atom. The van der Waals surface area contributed by atoms with Crippen molar-refractivity contribution in [3.05, 3.63) is 47.3 Å². The van der Waals surface area contributed by atoms with Gasteiger partial charge in [0.15, 0.2) is 5.96 Å². The van der Waals surface area contributed by atoms with E-state index >= 15 is 0 Å². The van der Waals surface area contributed by atoms with Crippen LogP contribution in [0.1, 0.15) is 23.7 Å². The molecule has 124 valence electrons. The quantitative estimate of drug-likeness (QED) is 0.632. The standard InChI is InChI=1S/C17H25N5O/c1-5-18-17(20-12-15-8-9-21-22(15)3)19-11-14-6-7-16(23-4)13(2)10-14/h6-10H,5,11-12H2,1-4H3,(H2,18,19,20). The Morgan fingerprint density at radius 2 is 2.13 bits per heavy atom. The van der Waals surface area contributed by atoms with E-state index in [2.05, 4.69) is 33.7 Å². The minimum Gasteiger partial charge on any atom is -0.496 e. The summed E-state index contributed by atoms with van der Waals surface area (Å²) in [4.78, 5) is 4.63. The monoisotopic (exact) mass is 315 g/mol. The summed E-state index contributed by atoms with van der Waals surface area (Å²) in [6.07, 6.45) is 1.79. The summed E-state index contributed by atoms with van der Waals surface area (Å²) in [5, 5.41) is 10.7. The van der Waals surface area contributed by atoms with Crippen LogP contribution >= 0.6 is 0 Å². The molecule has 0 atom stereocenters. The average Bonchev–Trinajstić information content (AvgIpc) is 2.95. The van der Waals surface area contributed by atoms with Crippen LogP contribution in [0.3, 0.4) is 0 Å². The lowest BCUT2D eigenvalue weighted by molar-refractivity contribution is 0.411. The maximum atomic E-state index is 5.29. The molecule has 0 aliphatic rings. The molecule has 23 heavy (non-hydrogen) atoms. The molecule has 0 spiro atoms. The van der Waals surface area contributed by atoms with Gasteiger partial charge in [0.05, 0.1) is 25.9 Å². The summed E-state index contributed by atoms with van der Waals surface area (Å²) in [6, 6.07) is 8.12. The molecule has 0 radical (unpaired) electrons. The molecule has 2 aromatic rings. The van der Waals surface area contributed by atoms with Gasteiger partial charge in [0, 0.05) is 19.8 Å². The maximum absolute atomic E-state index is 5.29. The molecule has 2 N–H and O–H groups in total. The molecule has 1 aromatic heterocycles. The number of methoxy groups -OCH3 is 1. The van der Waals surface area contributed by atoms with Crippen LogP contribution in [0.15, 0.2) is 35.5 Å². The second kappa shape index (κ2) is 8.22. The van der Waals surface area contributed by atoms with E-state index in [4.69, 9.17) is 4.74 Å². The molecule has 1 heterocycles. The largest absolute Gasteiger partial charge is 0.496 e. The van der Waals surface area contributed by atoms with Gasteiger partial charge in [0.1, 0.15) is 5.75 Å². The molecule has 0 aliphatic heterocycles. The number of hydrogen-bond acceptors (Lipinski definition) is 3. The number of ether oxygens (including phenoxy) is 1. The number of benzene rings is 1. The normalized spacial score (nSPS) is 11.4. The Balaban J connectivity index is 2.00. The van der Waals surface area contributed by atoms with E-state index in [0.717, 1.165) is 35.1 Å². The van der Waals surface area contributed by atoms with Crippen molar-refractivity contribution in [3.63, 3.8) is 0 Å². The molecule has 0 fully saturated rings. The fourth-order valence-electron chi connectivity index (χ4n) is 2.30. The number of nitrogens with one attached hydrogen (secondary N) is 2. The van der Waals surface area contributed by atoms with Crippen molar-refractivity contribution in [3.8, 4) is 5.75 Å². The molecule has 0 bridgehead atoms. The second-order valence-electron chi connectivity index (χ2n) is 5.30. The highest BCUT2D eigenvalue weighted by Gasteiger charge is 2.03. The maximum Gasteiger partial charge on any atom is 0.191 e. The van der Waals surface area contributed by atoms with Gasteiger partial charge < -0.3 is 15.4 Å². The Labute approximate surface area is 137 Å². The van der Waals surface area contributed by atoms with Crippen molar-refractivity contribution in [1.82, 2.24) is 20.4 Å². The highest BCUT2D eigenvalue weighted by Crippen LogP contribution is 2.18. The smallest absolute Gasteiger partial charge is 0.191 e. The predicted molar refractivity (Wildman–Crippen MR) is 92.6 cm³/mol. The summed E-state index contributed by atoms with van der Waals surface area (Å²) in [5.41, 5.74) is 3.38. The van der Waals surface area contributed by atoms with Crippen molar-refractivity contribution in [2.75, 3.05) is 13.7 Å². The van der Waals surface area contributed by atoms with Crippen LogP contribution in [0.5, 0.6) is 5.75 Å². The first-order valence-electron chi connectivity index (χ1n) is 7.76. The minimum absolute atomic E-state index is 0.617. The first-order valence-corrected chi connectivity index (χ1v) is 7.76. The van der Waals surface area contributed by atoms with Gasteiger partial charge in [-0.15, -0.1) is 0 Å². The van der Waals surface area contributed by atoms with Gasteiger partial charge in [0.2, 0.25) is 0 Å². The van der Waals surface area contributed by atoms with Crippen molar-refractivity contribution >= 4 is 5.96 Å². The molecule has 6 nitrogen and oxygen atoms in total. The summed E-state index contributed by atoms with van der Waals surface area (Å²) in [5.74, 6) is 1.70. The van der Waals surface area contributed by atoms with E-state index < -0.39 is 0 Å². The fourth-order valence-corrected chi connectivity index (χ4v) is 2.30. The zero-order valence-electron chi connectivity index (χ0n) is 14.3. The van der Waals surface area contributed by atoms with E-state index in [0.29, 0.717) is 13.1 Å². The van der Waals surface area contributed by atoms with Gasteiger partial charge in [-0.05, 0) is 37.1 Å². The van der Waals surface area contributed by atoms with Crippen molar-refractivity contribution in [1.29, 1.82) is 0 Å². The SMILES string of the molecule is CCNC(=NCc1ccc(OC)c(C)c1)NCc1ccnn1C. The fraction of sp³-hybridized carbons (Fsp3) is 0.412. The van der Waals surface area contributed by atoms with Crippen LogP contribution in [0, 0.1) is 6.92 Å². The summed E-state index contributed by atoms with van der Waals surface area (Å²) >= 11 is 0. The lowest BCUT2D eigenvalue weighted by Gasteiger charge is -2.12. The Morgan fingerprint density at radius 3 is 2.74 bits per heavy atom. The Kier molecular flexibility index (Phi) is 6.02. The van der Waals surface area contributed by atoms with E-state index in [9.17, 15) is 0 Å². The number of hydrogen-bond donors (Lipinski definition) is 2. The Bertz CT molecular complexity index is 663. The van der Waals surface area contributed by atoms with Crippen LogP contribution < -0.4 is 15.4 Å². The van der Waals surface area contributed by atoms with Crippen molar-refractivity contribution in [2.24, 2.45) is 12.0 Å². The highest BCUT2D eigenvalue weighted by molar-refractivity contribution is 5.79. The van der Waals surface area contributed by atoms with Crippen molar-refractivity contribution < 1.29 is 4.74 Å². The molecule has 1 aromatic carbocycles. The molecule has 0 saturated carbocycles. The third kappa shape index (κ3) is 4.74. The number of aromatic nitrogens is 2. The van der Waals surface area contributed by atoms with Gasteiger partial charge >= 0.3 is 0 Å². The molecule has 0 unspecified atom stereocenters. The molecule has 2 rings (SSSR count). The zero-order valence-corrected chi connectivity index (χ0v) is 14.3. The van der Waals surface area contributed by atoms with Gasteiger partial charge in [-0.2, -0.15) is 5.10 Å². The third-order valence-electron chi connectivity index (χ3n) is 3.58. The third-order valence-corrected chi connectivity index (χ3v) is 3.58. The summed E-state index contributed by atoms with van der Waals surface area (Å²) < 4.78 is 7.14. The highest BCUT2D eigenvalue weighted by atomic mass is 16.5. The molecule has 0 aliphatic carbocycles. The van der Waals surface area contributed by atoms with E-state index in [-0.39, 0.29) is 0 Å². The van der Waals surface area contributed by atoms with Gasteiger partial charge in [-0.25, -0.2) is 4.99 Å². The van der Waals surface area contributed by atoms with Crippen LogP contribution in [0.4, 0.5) is 0 Å². The first kappa shape index (κ1) is 16.9. The number of aliphatic imine (C=N–C) groups is 1. The van der Waals surface area contributed by atoms with Crippen LogP contribution in [0.25, 0.3) is 0 Å². The van der Waals surface area contributed by atoms with E-state index in [1.165, 1.54) is 0 Å². The van der Waals surface area contributed by atoms with Gasteiger partial charge in [0.25, 0.3) is 0 Å². The zero-order chi connectivity index (χ0) is 16.7. The van der Waals surface area contributed by atoms with E-state index in [1.807, 2.05) is 36.9 Å². The first-order chi connectivity index (χ1) is 11.1. The molecule has 0 saturated heterocycles. The lowest BCUT2D eigenvalue weighted by Crippen LogP contribution is -2.37. The number of aryl methyl sites for hydroxylation is 2. The van der Waals surface area contributed by atoms with E-state index in [1.54, 1.807) is 13.3 Å². The molecule has 6 heteroatoms. The molecular weight excluding hydrogens is 290 g/mol. The van der Waals surface area contributed by atoms with Gasteiger partial charge in [-0.3, -0.25) is 4.68 Å². The molecular formula is C17H25N5O. The number of guanidine groups is 1. The molecule has 0 amide bonds. The topological polar surface area (TPSA) is 63.5 Å². The minimum atomic E-state index is 0.617. The van der Waals surface area contributed by atoms with Crippen LogP contribution in [0.2, 0.25) is 0 Å². The van der Waals surface area contributed by atoms with Crippen LogP contribution in [-0.4, -0.2) is 29.4 Å². The number of rotatable bonds is 6. The average molecular weight is 315 g/mol. The number of nitrogens with zero attached hydrogens (tertiary/aromatic N) is 3. The predicted octanol–water partition coefficient (Wildman–Crippen LogP) is 1.99. The van der Waals surface area contributed by atoms with Gasteiger partial charge in [-0.1, -0.05) is 12.1 Å². The summed E-state index contributed by atoms with van der Waals surface area (Å²) in [7, 11) is 3.62. The van der Waals surface area contributed by atoms with Crippen LogP contribution in [-0.2, 0) is 20.1 Å². The summed E-state index contributed by atoms with van der Waals surface area (Å²) in [6.45, 7) is 6.21. The second-order valence-corrected chi connectivity index (χ2v) is 5.30.